The maximum Gasteiger partial charge on any atom is 0.331 e. The summed E-state index contributed by atoms with van der Waals surface area (Å²) < 4.78 is 7.07. The molecule has 1 aliphatic rings. The van der Waals surface area contributed by atoms with Gasteiger partial charge in [-0.2, -0.15) is 0 Å². The molecule has 1 aromatic carbocycles. The second kappa shape index (κ2) is 10.7. The number of ether oxygens (including phenoxy) is 1. The van der Waals surface area contributed by atoms with Gasteiger partial charge < -0.3 is 19.8 Å². The summed E-state index contributed by atoms with van der Waals surface area (Å²) in [5, 5.41) is 20.1. The van der Waals surface area contributed by atoms with Crippen LogP contribution in [0.4, 0.5) is 5.82 Å². The van der Waals surface area contributed by atoms with E-state index in [1.807, 2.05) is 48.5 Å². The van der Waals surface area contributed by atoms with Crippen molar-refractivity contribution in [2.45, 2.75) is 12.6 Å². The Morgan fingerprint density at radius 2 is 1.64 bits per heavy atom. The van der Waals surface area contributed by atoms with E-state index in [4.69, 9.17) is 4.74 Å². The van der Waals surface area contributed by atoms with E-state index in [1.54, 1.807) is 12.3 Å². The van der Waals surface area contributed by atoms with E-state index in [0.29, 0.717) is 6.54 Å². The highest BCUT2D eigenvalue weighted by Crippen LogP contribution is 2.22. The highest BCUT2D eigenvalue weighted by atomic mass is 16.5. The molecule has 0 aliphatic carbocycles. The van der Waals surface area contributed by atoms with E-state index < -0.39 is 12.1 Å². The van der Waals surface area contributed by atoms with Crippen LogP contribution in [0.2, 0.25) is 0 Å². The fourth-order valence-corrected chi connectivity index (χ4v) is 3.89. The molecule has 2 aromatic heterocycles. The van der Waals surface area contributed by atoms with Gasteiger partial charge in [0.25, 0.3) is 0 Å². The van der Waals surface area contributed by atoms with Crippen LogP contribution in [0.15, 0.2) is 72.9 Å². The van der Waals surface area contributed by atoms with Gasteiger partial charge in [0, 0.05) is 57.1 Å². The van der Waals surface area contributed by atoms with Gasteiger partial charge in [0.15, 0.2) is 11.8 Å². The quantitative estimate of drug-likeness (QED) is 0.404. The Morgan fingerprint density at radius 3 is 2.30 bits per heavy atom. The van der Waals surface area contributed by atoms with Gasteiger partial charge in [-0.05, 0) is 23.8 Å². The number of hydrogen-bond acceptors (Lipinski definition) is 7. The van der Waals surface area contributed by atoms with E-state index >= 15 is 0 Å². The number of aromatic hydroxyl groups is 2. The van der Waals surface area contributed by atoms with Crippen LogP contribution in [0.5, 0.6) is 11.8 Å². The first-order valence-corrected chi connectivity index (χ1v) is 11.0. The third-order valence-corrected chi connectivity index (χ3v) is 5.62. The van der Waals surface area contributed by atoms with Crippen LogP contribution < -0.4 is 4.90 Å². The van der Waals surface area contributed by atoms with Gasteiger partial charge in [0.2, 0.25) is 0 Å². The first kappa shape index (κ1) is 22.4. The van der Waals surface area contributed by atoms with E-state index in [2.05, 4.69) is 14.8 Å². The number of hydrogen-bond donors (Lipinski definition) is 2. The predicted octanol–water partition coefficient (Wildman–Crippen LogP) is 2.74. The third-order valence-electron chi connectivity index (χ3n) is 5.62. The highest BCUT2D eigenvalue weighted by molar-refractivity contribution is 5.87. The minimum Gasteiger partial charge on any atom is -0.494 e. The van der Waals surface area contributed by atoms with Crippen molar-refractivity contribution >= 4 is 17.9 Å². The molecule has 3 heterocycles. The number of esters is 1. The van der Waals surface area contributed by atoms with Crippen LogP contribution in [-0.4, -0.2) is 69.5 Å². The molecule has 1 unspecified atom stereocenters. The molecule has 0 saturated carbocycles. The van der Waals surface area contributed by atoms with Crippen molar-refractivity contribution in [2.75, 3.05) is 37.6 Å². The number of aromatic nitrogens is 2. The molecular formula is C25H28N4O4. The smallest absolute Gasteiger partial charge is 0.331 e. The molecule has 1 saturated heterocycles. The molecular weight excluding hydrogens is 420 g/mol. The van der Waals surface area contributed by atoms with Crippen LogP contribution in [-0.2, 0) is 16.1 Å². The number of carbonyl (C=O) groups excluding carboxylic acids is 1. The van der Waals surface area contributed by atoms with Gasteiger partial charge in [-0.3, -0.25) is 9.47 Å². The number of carbonyl (C=O) groups is 1. The molecule has 0 amide bonds. The summed E-state index contributed by atoms with van der Waals surface area (Å²) in [5.41, 5.74) is 0.900. The summed E-state index contributed by atoms with van der Waals surface area (Å²) in [4.78, 5) is 21.4. The summed E-state index contributed by atoms with van der Waals surface area (Å²) in [6, 6.07) is 18.2. The Hall–Kier alpha value is -3.78. The summed E-state index contributed by atoms with van der Waals surface area (Å²) in [6.07, 6.45) is 4.34. The van der Waals surface area contributed by atoms with E-state index in [0.717, 1.165) is 37.6 Å². The van der Waals surface area contributed by atoms with Crippen LogP contribution >= 0.6 is 0 Å². The van der Waals surface area contributed by atoms with E-state index in [9.17, 15) is 15.0 Å². The van der Waals surface area contributed by atoms with E-state index in [1.165, 1.54) is 22.8 Å². The van der Waals surface area contributed by atoms with Crippen LogP contribution in [0, 0.1) is 0 Å². The number of piperazine rings is 1. The topological polar surface area (TPSA) is 91.1 Å². The average molecular weight is 449 g/mol. The predicted molar refractivity (Wildman–Crippen MR) is 126 cm³/mol. The van der Waals surface area contributed by atoms with Crippen LogP contribution in [0.25, 0.3) is 6.08 Å². The zero-order valence-corrected chi connectivity index (χ0v) is 18.3. The first-order valence-electron chi connectivity index (χ1n) is 11.0. The van der Waals surface area contributed by atoms with Gasteiger partial charge >= 0.3 is 5.97 Å². The number of benzene rings is 1. The molecule has 0 radical (unpaired) electrons. The lowest BCUT2D eigenvalue weighted by Gasteiger charge is -2.36. The Bertz CT molecular complexity index is 1040. The highest BCUT2D eigenvalue weighted by Gasteiger charge is 2.24. The standard InChI is InChI=1S/C25H28N4O4/c30-23-10-11-24(31)29(23)19-21(33-25(32)12-9-20-6-2-1-3-7-20)18-27-14-16-28(17-15-27)22-8-4-5-13-26-22/h1-13,21,30-31H,14-19H2. The fraction of sp³-hybridized carbons (Fsp3) is 0.280. The van der Waals surface area contributed by atoms with Crippen molar-refractivity contribution in [3.05, 3.63) is 78.5 Å². The molecule has 33 heavy (non-hydrogen) atoms. The lowest BCUT2D eigenvalue weighted by molar-refractivity contribution is -0.144. The minimum atomic E-state index is -0.552. The molecule has 172 valence electrons. The third kappa shape index (κ3) is 6.14. The van der Waals surface area contributed by atoms with E-state index in [-0.39, 0.29) is 18.3 Å². The lowest BCUT2D eigenvalue weighted by atomic mass is 10.2. The number of pyridine rings is 1. The van der Waals surface area contributed by atoms with Crippen molar-refractivity contribution < 1.29 is 19.7 Å². The molecule has 4 rings (SSSR count). The zero-order valence-electron chi connectivity index (χ0n) is 18.3. The maximum atomic E-state index is 12.5. The Morgan fingerprint density at radius 1 is 0.939 bits per heavy atom. The molecule has 8 heteroatoms. The number of rotatable bonds is 8. The SMILES string of the molecule is O=C(C=Cc1ccccc1)OC(CN1CCN(c2ccccn2)CC1)Cn1c(O)ccc1O. The molecule has 3 aromatic rings. The largest absolute Gasteiger partial charge is 0.494 e. The van der Waals surface area contributed by atoms with Gasteiger partial charge in [-0.1, -0.05) is 36.4 Å². The van der Waals surface area contributed by atoms with Gasteiger partial charge in [0.05, 0.1) is 6.54 Å². The second-order valence-corrected chi connectivity index (χ2v) is 7.94. The second-order valence-electron chi connectivity index (χ2n) is 7.94. The van der Waals surface area contributed by atoms with Crippen molar-refractivity contribution in [3.63, 3.8) is 0 Å². The first-order chi connectivity index (χ1) is 16.1. The van der Waals surface area contributed by atoms with Crippen molar-refractivity contribution in [1.29, 1.82) is 0 Å². The molecule has 1 fully saturated rings. The fourth-order valence-electron chi connectivity index (χ4n) is 3.89. The minimum absolute atomic E-state index is 0.0756. The molecule has 0 spiro atoms. The molecule has 1 atom stereocenters. The molecule has 8 nitrogen and oxygen atoms in total. The summed E-state index contributed by atoms with van der Waals surface area (Å²) in [7, 11) is 0. The Labute approximate surface area is 193 Å². The normalized spacial score (nSPS) is 15.6. The summed E-state index contributed by atoms with van der Waals surface area (Å²) >= 11 is 0. The monoisotopic (exact) mass is 448 g/mol. The molecule has 0 bridgehead atoms. The Kier molecular flexibility index (Phi) is 7.26. The van der Waals surface area contributed by atoms with Crippen molar-refractivity contribution in [1.82, 2.24) is 14.5 Å². The summed E-state index contributed by atoms with van der Waals surface area (Å²) in [6.45, 7) is 3.83. The number of anilines is 1. The van der Waals surface area contributed by atoms with Gasteiger partial charge in [0.1, 0.15) is 11.9 Å². The van der Waals surface area contributed by atoms with Crippen molar-refractivity contribution in [3.8, 4) is 11.8 Å². The molecule has 2 N–H and O–H groups in total. The summed E-state index contributed by atoms with van der Waals surface area (Å²) in [5.74, 6) is 0.331. The van der Waals surface area contributed by atoms with Gasteiger partial charge in [-0.25, -0.2) is 9.78 Å². The molecule has 1 aliphatic heterocycles. The average Bonchev–Trinajstić information content (AvgIpc) is 3.16. The lowest BCUT2D eigenvalue weighted by Crippen LogP contribution is -2.49. The van der Waals surface area contributed by atoms with Crippen LogP contribution in [0.1, 0.15) is 5.56 Å². The number of nitrogens with zero attached hydrogens (tertiary/aromatic N) is 4. The Balaban J connectivity index is 1.39. The van der Waals surface area contributed by atoms with Crippen LogP contribution in [0.3, 0.4) is 0 Å². The van der Waals surface area contributed by atoms with Gasteiger partial charge in [-0.15, -0.1) is 0 Å². The van der Waals surface area contributed by atoms with Crippen molar-refractivity contribution in [2.24, 2.45) is 0 Å². The maximum absolute atomic E-state index is 12.5. The zero-order chi connectivity index (χ0) is 23.0.